The molecular weight excluding hydrogens is 243 g/mol. The summed E-state index contributed by atoms with van der Waals surface area (Å²) < 4.78 is 15.2. The number of aromatic nitrogens is 2. The minimum Gasteiger partial charge on any atom is -0.358 e. The molecule has 0 spiro atoms. The maximum Gasteiger partial charge on any atom is 0.148 e. The van der Waals surface area contributed by atoms with E-state index in [4.69, 9.17) is 0 Å². The van der Waals surface area contributed by atoms with E-state index in [1.165, 1.54) is 6.07 Å². The van der Waals surface area contributed by atoms with Crippen LogP contribution in [0.25, 0.3) is 11.0 Å². The molecule has 5 heteroatoms. The lowest BCUT2D eigenvalue weighted by Gasteiger charge is -2.40. The smallest absolute Gasteiger partial charge is 0.148 e. The van der Waals surface area contributed by atoms with Crippen molar-refractivity contribution in [2.45, 2.75) is 0 Å². The molecule has 4 nitrogen and oxygen atoms in total. The van der Waals surface area contributed by atoms with Gasteiger partial charge in [0.05, 0.1) is 57.0 Å². The summed E-state index contributed by atoms with van der Waals surface area (Å²) in [6, 6.07) is 3.29. The molecule has 2 heterocycles. The Balaban J connectivity index is 1.95. The van der Waals surface area contributed by atoms with Gasteiger partial charge in [-0.2, -0.15) is 0 Å². The average molecular weight is 261 g/mol. The fourth-order valence-electron chi connectivity index (χ4n) is 2.46. The van der Waals surface area contributed by atoms with E-state index in [0.717, 1.165) is 36.2 Å². The van der Waals surface area contributed by atoms with Crippen molar-refractivity contribution < 1.29 is 8.87 Å². The molecule has 0 saturated carbocycles. The standard InChI is InChI=1S/C14H18FN4/c1-19(2)7-5-18(6-8-19)14-10-13-12(9-11(14)15)16-3-4-17-13/h3-4,9-10H,5-8H2,1-2H3/q+1. The maximum atomic E-state index is 14.2. The lowest BCUT2D eigenvalue weighted by Crippen LogP contribution is -2.55. The van der Waals surface area contributed by atoms with E-state index in [2.05, 4.69) is 29.0 Å². The van der Waals surface area contributed by atoms with Crippen molar-refractivity contribution in [1.82, 2.24) is 9.97 Å². The highest BCUT2D eigenvalue weighted by molar-refractivity contribution is 5.79. The first kappa shape index (κ1) is 12.3. The summed E-state index contributed by atoms with van der Waals surface area (Å²) in [4.78, 5) is 10.5. The van der Waals surface area contributed by atoms with E-state index >= 15 is 0 Å². The number of halogens is 1. The van der Waals surface area contributed by atoms with Gasteiger partial charge < -0.3 is 9.38 Å². The van der Waals surface area contributed by atoms with E-state index in [1.54, 1.807) is 12.4 Å². The Bertz CT molecular complexity index is 601. The van der Waals surface area contributed by atoms with E-state index in [-0.39, 0.29) is 5.82 Å². The van der Waals surface area contributed by atoms with Gasteiger partial charge in [-0.15, -0.1) is 0 Å². The van der Waals surface area contributed by atoms with Crippen LogP contribution in [0.15, 0.2) is 24.5 Å². The maximum absolute atomic E-state index is 14.2. The summed E-state index contributed by atoms with van der Waals surface area (Å²) in [5.74, 6) is -0.208. The van der Waals surface area contributed by atoms with Gasteiger partial charge in [0.2, 0.25) is 0 Å². The summed E-state index contributed by atoms with van der Waals surface area (Å²) in [5, 5.41) is 0. The number of likely N-dealkylation sites (N-methyl/N-ethyl adjacent to an activating group) is 1. The van der Waals surface area contributed by atoms with Gasteiger partial charge in [-0.1, -0.05) is 0 Å². The van der Waals surface area contributed by atoms with Crippen molar-refractivity contribution in [1.29, 1.82) is 0 Å². The second-order valence-corrected chi connectivity index (χ2v) is 5.72. The van der Waals surface area contributed by atoms with Crippen LogP contribution in [0.2, 0.25) is 0 Å². The number of fused-ring (bicyclic) bond motifs is 1. The van der Waals surface area contributed by atoms with Crippen molar-refractivity contribution in [3.05, 3.63) is 30.3 Å². The number of piperazine rings is 1. The molecule has 2 aromatic rings. The topological polar surface area (TPSA) is 29.0 Å². The zero-order chi connectivity index (χ0) is 13.5. The average Bonchev–Trinajstić information content (AvgIpc) is 2.38. The normalized spacial score (nSPS) is 18.8. The predicted octanol–water partition coefficient (Wildman–Crippen LogP) is 1.67. The fourth-order valence-corrected chi connectivity index (χ4v) is 2.46. The molecule has 0 N–H and O–H groups in total. The van der Waals surface area contributed by atoms with Crippen molar-refractivity contribution in [3.63, 3.8) is 0 Å². The van der Waals surface area contributed by atoms with Crippen molar-refractivity contribution in [3.8, 4) is 0 Å². The molecule has 1 fully saturated rings. The summed E-state index contributed by atoms with van der Waals surface area (Å²) >= 11 is 0. The molecule has 1 aliphatic rings. The van der Waals surface area contributed by atoms with Crippen LogP contribution in [-0.2, 0) is 0 Å². The molecule has 1 aromatic heterocycles. The summed E-state index contributed by atoms with van der Waals surface area (Å²) in [6.45, 7) is 3.79. The molecule has 0 unspecified atom stereocenters. The van der Waals surface area contributed by atoms with Crippen LogP contribution >= 0.6 is 0 Å². The van der Waals surface area contributed by atoms with Gasteiger partial charge in [0.25, 0.3) is 0 Å². The highest BCUT2D eigenvalue weighted by atomic mass is 19.1. The molecule has 0 amide bonds. The monoisotopic (exact) mass is 261 g/mol. The first-order valence-corrected chi connectivity index (χ1v) is 6.52. The van der Waals surface area contributed by atoms with Gasteiger partial charge in [0.15, 0.2) is 0 Å². The second-order valence-electron chi connectivity index (χ2n) is 5.72. The van der Waals surface area contributed by atoms with Crippen LogP contribution in [0.5, 0.6) is 0 Å². The molecular formula is C14H18FN4+. The first-order valence-electron chi connectivity index (χ1n) is 6.52. The number of hydrogen-bond acceptors (Lipinski definition) is 3. The van der Waals surface area contributed by atoms with Crippen LogP contribution in [0.4, 0.5) is 10.1 Å². The van der Waals surface area contributed by atoms with Crippen LogP contribution in [0.3, 0.4) is 0 Å². The van der Waals surface area contributed by atoms with Gasteiger partial charge in [0.1, 0.15) is 5.82 Å². The third kappa shape index (κ3) is 2.38. The Morgan fingerprint density at radius 1 is 1.05 bits per heavy atom. The molecule has 19 heavy (non-hydrogen) atoms. The number of benzene rings is 1. The van der Waals surface area contributed by atoms with Gasteiger partial charge in [-0.3, -0.25) is 9.97 Å². The minimum atomic E-state index is -0.208. The molecule has 1 aliphatic heterocycles. The van der Waals surface area contributed by atoms with E-state index in [9.17, 15) is 4.39 Å². The zero-order valence-electron chi connectivity index (χ0n) is 11.3. The molecule has 0 bridgehead atoms. The minimum absolute atomic E-state index is 0.208. The lowest BCUT2D eigenvalue weighted by atomic mass is 10.2. The van der Waals surface area contributed by atoms with Crippen molar-refractivity contribution in [2.24, 2.45) is 0 Å². The largest absolute Gasteiger partial charge is 0.358 e. The summed E-state index contributed by atoms with van der Waals surface area (Å²) in [5.41, 5.74) is 2.00. The Morgan fingerprint density at radius 2 is 1.63 bits per heavy atom. The van der Waals surface area contributed by atoms with Gasteiger partial charge in [-0.05, 0) is 6.07 Å². The highest BCUT2D eigenvalue weighted by Gasteiger charge is 2.26. The third-order valence-electron chi connectivity index (χ3n) is 3.83. The molecule has 1 aromatic carbocycles. The quantitative estimate of drug-likeness (QED) is 0.731. The van der Waals surface area contributed by atoms with Crippen LogP contribution < -0.4 is 4.90 Å². The number of nitrogens with zero attached hydrogens (tertiary/aromatic N) is 4. The molecule has 100 valence electrons. The lowest BCUT2D eigenvalue weighted by molar-refractivity contribution is -0.890. The summed E-state index contributed by atoms with van der Waals surface area (Å²) in [7, 11) is 4.42. The molecule has 0 aliphatic carbocycles. The van der Waals surface area contributed by atoms with E-state index < -0.39 is 0 Å². The number of hydrogen-bond donors (Lipinski definition) is 0. The van der Waals surface area contributed by atoms with E-state index in [1.807, 2.05) is 6.07 Å². The first-order chi connectivity index (χ1) is 9.05. The van der Waals surface area contributed by atoms with Gasteiger partial charge in [0, 0.05) is 18.5 Å². The van der Waals surface area contributed by atoms with Gasteiger partial charge >= 0.3 is 0 Å². The Kier molecular flexibility index (Phi) is 2.86. The van der Waals surface area contributed by atoms with Crippen LogP contribution in [-0.4, -0.2) is 54.7 Å². The number of anilines is 1. The van der Waals surface area contributed by atoms with Crippen LogP contribution in [0.1, 0.15) is 0 Å². The third-order valence-corrected chi connectivity index (χ3v) is 3.83. The van der Waals surface area contributed by atoms with Crippen molar-refractivity contribution in [2.75, 3.05) is 45.2 Å². The molecule has 0 atom stereocenters. The summed E-state index contributed by atoms with van der Waals surface area (Å²) in [6.07, 6.45) is 3.22. The zero-order valence-corrected chi connectivity index (χ0v) is 11.3. The Morgan fingerprint density at radius 3 is 2.26 bits per heavy atom. The Hall–Kier alpha value is -1.75. The van der Waals surface area contributed by atoms with Crippen LogP contribution in [0, 0.1) is 5.82 Å². The second kappa shape index (κ2) is 4.42. The Labute approximate surface area is 112 Å². The highest BCUT2D eigenvalue weighted by Crippen LogP contribution is 2.25. The van der Waals surface area contributed by atoms with E-state index in [0.29, 0.717) is 11.2 Å². The number of rotatable bonds is 1. The van der Waals surface area contributed by atoms with Gasteiger partial charge in [-0.25, -0.2) is 4.39 Å². The molecule has 3 rings (SSSR count). The fraction of sp³-hybridized carbons (Fsp3) is 0.429. The number of quaternary nitrogens is 1. The SMILES string of the molecule is C[N+]1(C)CCN(c2cc3nccnc3cc2F)CC1. The molecule has 1 saturated heterocycles. The predicted molar refractivity (Wildman–Crippen MR) is 73.6 cm³/mol. The molecule has 0 radical (unpaired) electrons. The van der Waals surface area contributed by atoms with Crippen molar-refractivity contribution >= 4 is 16.7 Å².